The summed E-state index contributed by atoms with van der Waals surface area (Å²) in [5.74, 6) is -1.64. The number of esters is 3. The molecule has 0 saturated carbocycles. The maximum Gasteiger partial charge on any atom is 0.338 e. The first kappa shape index (κ1) is 55.0. The number of benzene rings is 6. The minimum Gasteiger partial charge on any atom is -0.463 e. The summed E-state index contributed by atoms with van der Waals surface area (Å²) < 4.78 is 63.3. The quantitative estimate of drug-likeness (QED) is 0.0404. The molecule has 15 heteroatoms. The molecule has 394 valence electrons. The van der Waals surface area contributed by atoms with Gasteiger partial charge in [-0.15, -0.1) is 11.8 Å². The lowest BCUT2D eigenvalue weighted by atomic mass is 9.98. The van der Waals surface area contributed by atoms with Crippen molar-refractivity contribution in [2.75, 3.05) is 19.0 Å². The van der Waals surface area contributed by atoms with Crippen LogP contribution < -0.4 is 0 Å². The molecule has 8 rings (SSSR count). The number of aliphatic hydroxyl groups is 1. The van der Waals surface area contributed by atoms with Gasteiger partial charge in [0.1, 0.15) is 48.7 Å². The summed E-state index contributed by atoms with van der Waals surface area (Å²) in [7, 11) is 0. The smallest absolute Gasteiger partial charge is 0.338 e. The SMILES string of the molecule is CCS[C@H]1O[C@H](COC(=O)CCC(=O)O[C@H]2[C@H](O)[C@@H](COCc3ccccc3)O[C@H](OCc3ccccc3)[C@@H]2OC(=O)c2ccccc2)[C@@H](OCc2ccccc2)[C@H](OCc2ccccc2)[C@@H]1OCc1ccccc1. The van der Waals surface area contributed by atoms with E-state index in [1.807, 2.05) is 159 Å². The van der Waals surface area contributed by atoms with Gasteiger partial charge in [0.25, 0.3) is 0 Å². The summed E-state index contributed by atoms with van der Waals surface area (Å²) in [5.41, 5.74) is 4.23. The minimum atomic E-state index is -1.55. The zero-order valence-corrected chi connectivity index (χ0v) is 42.6. The van der Waals surface area contributed by atoms with Gasteiger partial charge in [0.2, 0.25) is 0 Å². The molecule has 2 aliphatic heterocycles. The minimum absolute atomic E-state index is 0.0348. The molecule has 2 saturated heterocycles. The standard InChI is InChI=1S/C60H64O14S/c1-2-75-60-57(69-38-45-27-15-6-16-28-45)55(68-37-44-25-13-5-14-26-44)53(67-36-43-23-11-4-12-24-43)49(72-60)41-66-50(61)33-34-51(62)73-54-52(63)48(40-65-35-42-21-9-3-10-22-42)71-59(70-39-46-29-17-7-18-30-46)56(54)74-58(64)47-31-19-8-20-32-47/h3-32,48-49,52-57,59-60,63H,2,33-41H2,1H3/t48-,49-,52-,53-,54+,55+,56-,57+,59+,60-/m1/s1. The second-order valence-corrected chi connectivity index (χ2v) is 19.4. The van der Waals surface area contributed by atoms with Gasteiger partial charge in [0.15, 0.2) is 18.5 Å². The van der Waals surface area contributed by atoms with Crippen molar-refractivity contribution in [1.82, 2.24) is 0 Å². The van der Waals surface area contributed by atoms with Crippen LogP contribution in [0.4, 0.5) is 0 Å². The molecule has 0 aliphatic carbocycles. The number of hydrogen-bond acceptors (Lipinski definition) is 15. The van der Waals surface area contributed by atoms with Crippen molar-refractivity contribution in [2.45, 2.75) is 113 Å². The van der Waals surface area contributed by atoms with Crippen LogP contribution >= 0.6 is 11.8 Å². The van der Waals surface area contributed by atoms with Gasteiger partial charge in [0.05, 0.1) is 58.0 Å². The van der Waals surface area contributed by atoms with E-state index in [9.17, 15) is 19.5 Å². The summed E-state index contributed by atoms with van der Waals surface area (Å²) >= 11 is 1.55. The van der Waals surface area contributed by atoms with E-state index in [0.717, 1.165) is 27.8 Å². The van der Waals surface area contributed by atoms with E-state index in [4.69, 9.17) is 47.4 Å². The van der Waals surface area contributed by atoms with E-state index in [-0.39, 0.29) is 45.2 Å². The van der Waals surface area contributed by atoms with Gasteiger partial charge >= 0.3 is 17.9 Å². The first-order chi connectivity index (χ1) is 36.8. The van der Waals surface area contributed by atoms with Crippen molar-refractivity contribution in [3.05, 3.63) is 215 Å². The third kappa shape index (κ3) is 16.6. The average molecular weight is 1040 g/mol. The Morgan fingerprint density at radius 3 is 1.44 bits per heavy atom. The Bertz CT molecular complexity index is 2600. The van der Waals surface area contributed by atoms with E-state index >= 15 is 0 Å². The van der Waals surface area contributed by atoms with Crippen LogP contribution in [0.2, 0.25) is 0 Å². The molecule has 0 bridgehead atoms. The fourth-order valence-electron chi connectivity index (χ4n) is 8.65. The lowest BCUT2D eigenvalue weighted by Gasteiger charge is -2.45. The molecule has 0 aromatic heterocycles. The van der Waals surface area contributed by atoms with Crippen molar-refractivity contribution >= 4 is 29.7 Å². The lowest BCUT2D eigenvalue weighted by Crippen LogP contribution is -2.61. The van der Waals surface area contributed by atoms with Crippen LogP contribution in [0.15, 0.2) is 182 Å². The normalized spacial score (nSPS) is 23.4. The van der Waals surface area contributed by atoms with Crippen LogP contribution in [0.1, 0.15) is 57.9 Å². The maximum atomic E-state index is 13.9. The Morgan fingerprint density at radius 1 is 0.467 bits per heavy atom. The molecular formula is C60H64O14S. The Balaban J connectivity index is 0.974. The van der Waals surface area contributed by atoms with Crippen LogP contribution in [0.3, 0.4) is 0 Å². The Labute approximate surface area is 442 Å². The van der Waals surface area contributed by atoms with E-state index < -0.39 is 91.3 Å². The van der Waals surface area contributed by atoms with E-state index in [1.165, 1.54) is 0 Å². The van der Waals surface area contributed by atoms with Crippen molar-refractivity contribution in [1.29, 1.82) is 0 Å². The molecule has 1 N–H and O–H groups in total. The highest BCUT2D eigenvalue weighted by molar-refractivity contribution is 7.99. The zero-order chi connectivity index (χ0) is 52.0. The second-order valence-electron chi connectivity index (χ2n) is 18.0. The fraction of sp³-hybridized carbons (Fsp3) is 0.350. The van der Waals surface area contributed by atoms with Crippen LogP contribution in [0, 0.1) is 0 Å². The molecule has 6 aromatic rings. The van der Waals surface area contributed by atoms with Crippen LogP contribution in [-0.2, 0) is 90.0 Å². The lowest BCUT2D eigenvalue weighted by molar-refractivity contribution is -0.307. The Hall–Kier alpha value is -6.24. The van der Waals surface area contributed by atoms with Gasteiger partial charge in [-0.05, 0) is 45.7 Å². The number of rotatable bonds is 26. The molecule has 0 amide bonds. The average Bonchev–Trinajstić information content (AvgIpc) is 3.45. The highest BCUT2D eigenvalue weighted by atomic mass is 32.2. The molecule has 0 radical (unpaired) electrons. The molecule has 2 aliphatic rings. The summed E-state index contributed by atoms with van der Waals surface area (Å²) in [6.45, 7) is 2.68. The molecular weight excluding hydrogens is 977 g/mol. The van der Waals surface area contributed by atoms with Gasteiger partial charge in [-0.3, -0.25) is 9.59 Å². The molecule has 0 unspecified atom stereocenters. The topological polar surface area (TPSA) is 164 Å². The van der Waals surface area contributed by atoms with Crippen LogP contribution in [-0.4, -0.2) is 103 Å². The van der Waals surface area contributed by atoms with E-state index in [2.05, 4.69) is 0 Å². The number of aliphatic hydroxyl groups excluding tert-OH is 1. The summed E-state index contributed by atoms with van der Waals surface area (Å²) in [6.07, 6.45) is -10.6. The molecule has 10 atom stereocenters. The predicted molar refractivity (Wildman–Crippen MR) is 280 cm³/mol. The third-order valence-corrected chi connectivity index (χ3v) is 13.6. The molecule has 75 heavy (non-hydrogen) atoms. The number of hydrogen-bond donors (Lipinski definition) is 1. The number of thioether (sulfide) groups is 1. The number of carbonyl (C=O) groups is 3. The summed E-state index contributed by atoms with van der Waals surface area (Å²) in [5, 5.41) is 11.9. The summed E-state index contributed by atoms with van der Waals surface area (Å²) in [6, 6.07) is 56.4. The monoisotopic (exact) mass is 1040 g/mol. The molecule has 14 nitrogen and oxygen atoms in total. The Kier molecular flexibility index (Phi) is 21.4. The molecule has 6 aromatic carbocycles. The first-order valence-corrected chi connectivity index (χ1v) is 26.3. The largest absolute Gasteiger partial charge is 0.463 e. The van der Waals surface area contributed by atoms with Gasteiger partial charge in [-0.1, -0.05) is 177 Å². The van der Waals surface area contributed by atoms with Gasteiger partial charge in [-0.2, -0.15) is 0 Å². The Morgan fingerprint density at radius 2 is 0.920 bits per heavy atom. The molecule has 0 spiro atoms. The summed E-state index contributed by atoms with van der Waals surface area (Å²) in [4.78, 5) is 41.3. The molecule has 2 heterocycles. The van der Waals surface area contributed by atoms with Crippen LogP contribution in [0.25, 0.3) is 0 Å². The van der Waals surface area contributed by atoms with Gasteiger partial charge in [-0.25, -0.2) is 4.79 Å². The molecule has 2 fully saturated rings. The van der Waals surface area contributed by atoms with Gasteiger partial charge in [0, 0.05) is 0 Å². The predicted octanol–water partition coefficient (Wildman–Crippen LogP) is 9.20. The number of ether oxygens (including phenoxy) is 10. The maximum absolute atomic E-state index is 13.9. The van der Waals surface area contributed by atoms with Crippen molar-refractivity contribution < 1.29 is 66.9 Å². The first-order valence-electron chi connectivity index (χ1n) is 25.3. The van der Waals surface area contributed by atoms with Gasteiger partial charge < -0.3 is 52.5 Å². The van der Waals surface area contributed by atoms with E-state index in [1.54, 1.807) is 42.1 Å². The second kappa shape index (κ2) is 29.2. The fourth-order valence-corrected chi connectivity index (χ4v) is 9.62. The third-order valence-electron chi connectivity index (χ3n) is 12.5. The van der Waals surface area contributed by atoms with Crippen LogP contribution in [0.5, 0.6) is 0 Å². The van der Waals surface area contributed by atoms with Crippen molar-refractivity contribution in [2.24, 2.45) is 0 Å². The number of carbonyl (C=O) groups excluding carboxylic acids is 3. The van der Waals surface area contributed by atoms with Crippen molar-refractivity contribution in [3.63, 3.8) is 0 Å². The van der Waals surface area contributed by atoms with Crippen molar-refractivity contribution in [3.8, 4) is 0 Å². The highest BCUT2D eigenvalue weighted by Crippen LogP contribution is 2.36. The zero-order valence-electron chi connectivity index (χ0n) is 41.8. The van der Waals surface area contributed by atoms with E-state index in [0.29, 0.717) is 12.4 Å². The highest BCUT2D eigenvalue weighted by Gasteiger charge is 2.51.